The number of hydrazone groups is 1. The fraction of sp³-hybridized carbons (Fsp3) is 0.160. The van der Waals surface area contributed by atoms with Crippen molar-refractivity contribution in [2.45, 2.75) is 19.6 Å². The number of hydrogen-bond acceptors (Lipinski definition) is 4. The fourth-order valence-corrected chi connectivity index (χ4v) is 3.07. The molecule has 0 aliphatic heterocycles. The second-order valence-electron chi connectivity index (χ2n) is 7.07. The number of halogens is 4. The highest BCUT2D eigenvalue weighted by molar-refractivity contribution is 7.86. The summed E-state index contributed by atoms with van der Waals surface area (Å²) in [4.78, 5) is 0. The molecule has 3 aromatic carbocycles. The molecule has 194 valence electrons. The molecular formula is C25H29ClF3N5OS. The Morgan fingerprint density at radius 2 is 1.61 bits per heavy atom. The minimum Gasteiger partial charge on any atom is -0.382 e. The van der Waals surface area contributed by atoms with Crippen LogP contribution in [-0.2, 0) is 17.5 Å². The molecule has 0 bridgehead atoms. The number of benzene rings is 3. The summed E-state index contributed by atoms with van der Waals surface area (Å²) in [5.41, 5.74) is 8.75. The van der Waals surface area contributed by atoms with Crippen molar-refractivity contribution in [3.8, 4) is 0 Å². The topological polar surface area (TPSA) is 96.7 Å². The standard InChI is InChI=1S/C14H15ClN4.C9H11NOS.C2H3F3/c15-13-8-4-5-11(9-13)10-19(17)18-14(16)12-6-2-1-3-7-12;1-10-12(11)8-7-9-5-3-2-4-6-9;1-2(3,4)5/h1-9H,10,17H2,(H2,16,18);2-8,10H,1H3;1H3/b;8-7+;. The van der Waals surface area contributed by atoms with Gasteiger partial charge in [-0.3, -0.25) is 0 Å². The van der Waals surface area contributed by atoms with E-state index in [9.17, 15) is 17.4 Å². The fourth-order valence-electron chi connectivity index (χ4n) is 2.44. The lowest BCUT2D eigenvalue weighted by molar-refractivity contribution is -0.110. The third kappa shape index (κ3) is 15.7. The van der Waals surface area contributed by atoms with Gasteiger partial charge >= 0.3 is 6.18 Å². The molecule has 3 rings (SSSR count). The lowest BCUT2D eigenvalue weighted by Crippen LogP contribution is -2.29. The zero-order chi connectivity index (χ0) is 27.0. The molecule has 11 heteroatoms. The summed E-state index contributed by atoms with van der Waals surface area (Å²) < 4.78 is 44.6. The average molecular weight is 540 g/mol. The monoisotopic (exact) mass is 539 g/mol. The predicted octanol–water partition coefficient (Wildman–Crippen LogP) is 5.45. The first kappa shape index (κ1) is 30.9. The van der Waals surface area contributed by atoms with Crippen LogP contribution in [0.5, 0.6) is 0 Å². The van der Waals surface area contributed by atoms with Crippen molar-refractivity contribution >= 4 is 34.5 Å². The van der Waals surface area contributed by atoms with Crippen LogP contribution in [0.25, 0.3) is 6.08 Å². The number of amidine groups is 1. The van der Waals surface area contributed by atoms with Gasteiger partial charge in [-0.1, -0.05) is 84.4 Å². The predicted molar refractivity (Wildman–Crippen MR) is 143 cm³/mol. The molecule has 5 N–H and O–H groups in total. The number of hydrogen-bond donors (Lipinski definition) is 3. The van der Waals surface area contributed by atoms with E-state index in [2.05, 4.69) is 9.82 Å². The minimum absolute atomic E-state index is 0.188. The zero-order valence-electron chi connectivity index (χ0n) is 19.8. The number of nitrogens with two attached hydrogens (primary N) is 2. The van der Waals surface area contributed by atoms with E-state index in [-0.39, 0.29) is 6.92 Å². The molecule has 36 heavy (non-hydrogen) atoms. The molecule has 0 fully saturated rings. The van der Waals surface area contributed by atoms with Gasteiger partial charge in [0.25, 0.3) is 0 Å². The van der Waals surface area contributed by atoms with E-state index in [0.29, 0.717) is 17.4 Å². The molecule has 0 heterocycles. The van der Waals surface area contributed by atoms with Crippen LogP contribution in [0.4, 0.5) is 13.2 Å². The van der Waals surface area contributed by atoms with Crippen molar-refractivity contribution in [3.63, 3.8) is 0 Å². The summed E-state index contributed by atoms with van der Waals surface area (Å²) in [6, 6.07) is 26.7. The molecular weight excluding hydrogens is 511 g/mol. The second kappa shape index (κ2) is 16.5. The van der Waals surface area contributed by atoms with Crippen molar-refractivity contribution in [2.75, 3.05) is 7.05 Å². The molecule has 6 nitrogen and oxygen atoms in total. The van der Waals surface area contributed by atoms with E-state index in [4.69, 9.17) is 23.2 Å². The molecule has 0 aromatic heterocycles. The number of nitrogens with one attached hydrogen (secondary N) is 1. The van der Waals surface area contributed by atoms with Gasteiger partial charge in [0, 0.05) is 22.9 Å². The third-order valence-corrected chi connectivity index (χ3v) is 4.94. The highest BCUT2D eigenvalue weighted by atomic mass is 35.5. The van der Waals surface area contributed by atoms with E-state index in [1.165, 1.54) is 5.12 Å². The van der Waals surface area contributed by atoms with E-state index >= 15 is 0 Å². The third-order valence-electron chi connectivity index (χ3n) is 3.92. The van der Waals surface area contributed by atoms with Crippen molar-refractivity contribution in [2.24, 2.45) is 16.7 Å². The molecule has 0 radical (unpaired) electrons. The molecule has 0 spiro atoms. The van der Waals surface area contributed by atoms with E-state index in [1.54, 1.807) is 12.5 Å². The van der Waals surface area contributed by atoms with Crippen LogP contribution in [0.2, 0.25) is 5.02 Å². The molecule has 1 unspecified atom stereocenters. The first-order valence-electron chi connectivity index (χ1n) is 10.5. The summed E-state index contributed by atoms with van der Waals surface area (Å²) >= 11 is 5.91. The van der Waals surface area contributed by atoms with Gasteiger partial charge < -0.3 is 5.73 Å². The molecule has 0 saturated carbocycles. The van der Waals surface area contributed by atoms with Gasteiger partial charge in [0.2, 0.25) is 0 Å². The summed E-state index contributed by atoms with van der Waals surface area (Å²) in [7, 11) is 0.600. The van der Waals surface area contributed by atoms with Crippen molar-refractivity contribution in [1.29, 1.82) is 0 Å². The van der Waals surface area contributed by atoms with Gasteiger partial charge in [-0.05, 0) is 36.4 Å². The van der Waals surface area contributed by atoms with Gasteiger partial charge in [0.1, 0.15) is 11.0 Å². The highest BCUT2D eigenvalue weighted by Gasteiger charge is 2.15. The van der Waals surface area contributed by atoms with E-state index in [0.717, 1.165) is 16.7 Å². The quantitative estimate of drug-likeness (QED) is 0.161. The normalized spacial score (nSPS) is 12.1. The average Bonchev–Trinajstić information content (AvgIpc) is 2.83. The van der Waals surface area contributed by atoms with Crippen molar-refractivity contribution in [3.05, 3.63) is 112 Å². The van der Waals surface area contributed by atoms with Gasteiger partial charge in [-0.25, -0.2) is 19.9 Å². The number of nitrogens with zero attached hydrogens (tertiary/aromatic N) is 2. The van der Waals surface area contributed by atoms with Gasteiger partial charge in [0.15, 0.2) is 5.84 Å². The Hall–Kier alpha value is -3.18. The van der Waals surface area contributed by atoms with Crippen LogP contribution in [-0.4, -0.2) is 28.4 Å². The Balaban J connectivity index is 0.000000325. The van der Waals surface area contributed by atoms with Crippen molar-refractivity contribution < 1.29 is 17.4 Å². The largest absolute Gasteiger partial charge is 0.386 e. The van der Waals surface area contributed by atoms with Crippen LogP contribution in [0.3, 0.4) is 0 Å². The Labute approximate surface area is 217 Å². The Kier molecular flexibility index (Phi) is 14.1. The van der Waals surface area contributed by atoms with Crippen LogP contribution < -0.4 is 16.3 Å². The molecule has 0 aliphatic rings. The SMILES string of the molecule is CC(F)(F)F.CNS(=O)/C=C/c1ccccc1.N/C(=N\N(N)Cc1cccc(Cl)c1)c1ccccc1. The highest BCUT2D eigenvalue weighted by Crippen LogP contribution is 2.12. The Morgan fingerprint density at radius 3 is 2.14 bits per heavy atom. The summed E-state index contributed by atoms with van der Waals surface area (Å²) in [5.74, 6) is 6.20. The number of hydrazine groups is 1. The first-order valence-corrected chi connectivity index (χ1v) is 12.1. The second-order valence-corrected chi connectivity index (χ2v) is 8.79. The van der Waals surface area contributed by atoms with Crippen LogP contribution in [0.15, 0.2) is 95.4 Å². The molecule has 0 amide bonds. The number of alkyl halides is 3. The van der Waals surface area contributed by atoms with Crippen molar-refractivity contribution in [1.82, 2.24) is 9.84 Å². The summed E-state index contributed by atoms with van der Waals surface area (Å²) in [6.07, 6.45) is -2.17. The molecule has 3 aromatic rings. The maximum atomic E-state index is 10.9. The number of rotatable bonds is 7. The molecule has 0 saturated heterocycles. The summed E-state index contributed by atoms with van der Waals surface area (Å²) in [6.45, 7) is 0.626. The zero-order valence-corrected chi connectivity index (χ0v) is 21.4. The molecule has 0 aliphatic carbocycles. The van der Waals surface area contributed by atoms with Gasteiger partial charge in [-0.2, -0.15) is 13.2 Å². The lowest BCUT2D eigenvalue weighted by atomic mass is 10.2. The van der Waals surface area contributed by atoms with Crippen LogP contribution >= 0.6 is 11.6 Å². The van der Waals surface area contributed by atoms with E-state index < -0.39 is 17.2 Å². The Morgan fingerprint density at radius 1 is 1.06 bits per heavy atom. The maximum absolute atomic E-state index is 10.9. The summed E-state index contributed by atoms with van der Waals surface area (Å²) in [5, 5.41) is 7.73. The maximum Gasteiger partial charge on any atom is 0.386 e. The Bertz CT molecular complexity index is 1110. The van der Waals surface area contributed by atoms with E-state index in [1.807, 2.05) is 91.0 Å². The van der Waals surface area contributed by atoms with Gasteiger partial charge in [-0.15, -0.1) is 5.10 Å². The van der Waals surface area contributed by atoms with Crippen LogP contribution in [0, 0.1) is 0 Å². The minimum atomic E-state index is -4.00. The van der Waals surface area contributed by atoms with Gasteiger partial charge in [0.05, 0.1) is 6.54 Å². The molecule has 1 atom stereocenters. The lowest BCUT2D eigenvalue weighted by Gasteiger charge is -2.13. The first-order chi connectivity index (χ1) is 17.0. The smallest absolute Gasteiger partial charge is 0.382 e. The van der Waals surface area contributed by atoms with Crippen LogP contribution in [0.1, 0.15) is 23.6 Å².